The second kappa shape index (κ2) is 11.2. The van der Waals surface area contributed by atoms with E-state index in [-0.39, 0.29) is 25.2 Å². The summed E-state index contributed by atoms with van der Waals surface area (Å²) < 4.78 is 10.4. The van der Waals surface area contributed by atoms with Crippen molar-refractivity contribution >= 4 is 29.0 Å². The summed E-state index contributed by atoms with van der Waals surface area (Å²) in [5.41, 5.74) is 6.78. The van der Waals surface area contributed by atoms with Crippen LogP contribution in [0.3, 0.4) is 0 Å². The lowest BCUT2D eigenvalue weighted by Crippen LogP contribution is -2.09. The van der Waals surface area contributed by atoms with Crippen molar-refractivity contribution in [2.45, 2.75) is 27.1 Å². The highest BCUT2D eigenvalue weighted by Gasteiger charge is 2.14. The zero-order valence-electron chi connectivity index (χ0n) is 19.8. The van der Waals surface area contributed by atoms with E-state index in [0.717, 1.165) is 39.3 Å². The van der Waals surface area contributed by atoms with E-state index >= 15 is 0 Å². The molecule has 4 aromatic carbocycles. The van der Waals surface area contributed by atoms with Gasteiger partial charge in [0.1, 0.15) is 13.2 Å². The average molecular weight is 466 g/mol. The Balaban J connectivity index is 1.71. The molecule has 5 nitrogen and oxygen atoms in total. The lowest BCUT2D eigenvalue weighted by Gasteiger charge is -2.25. The minimum absolute atomic E-state index is 0.167. The molecule has 0 spiro atoms. The number of esters is 2. The Kier molecular flexibility index (Phi) is 7.58. The summed E-state index contributed by atoms with van der Waals surface area (Å²) in [5.74, 6) is -0.668. The molecule has 35 heavy (non-hydrogen) atoms. The van der Waals surface area contributed by atoms with Gasteiger partial charge in [-0.1, -0.05) is 60.7 Å². The Morgan fingerprint density at radius 2 is 1.14 bits per heavy atom. The standard InChI is InChI=1S/C30H27NO4/c1-22(32)34-20-24-13-14-26(21-35-23(2)33)30(19-24)25-15-17-29(18-16-25)31(27-9-5-3-6-10-27)28-11-7-4-8-12-28/h3-19H,20-21H2,1-2H3. The summed E-state index contributed by atoms with van der Waals surface area (Å²) in [4.78, 5) is 24.9. The van der Waals surface area contributed by atoms with Crippen LogP contribution in [0.4, 0.5) is 17.1 Å². The first-order valence-corrected chi connectivity index (χ1v) is 11.4. The molecule has 0 unspecified atom stereocenters. The molecular formula is C30H27NO4. The topological polar surface area (TPSA) is 55.8 Å². The van der Waals surface area contributed by atoms with Crippen molar-refractivity contribution in [3.8, 4) is 11.1 Å². The highest BCUT2D eigenvalue weighted by molar-refractivity contribution is 5.79. The summed E-state index contributed by atoms with van der Waals surface area (Å²) in [6.07, 6.45) is 0. The maximum absolute atomic E-state index is 11.4. The van der Waals surface area contributed by atoms with Crippen LogP contribution in [-0.4, -0.2) is 11.9 Å². The van der Waals surface area contributed by atoms with Crippen LogP contribution in [0.5, 0.6) is 0 Å². The zero-order valence-corrected chi connectivity index (χ0v) is 19.8. The lowest BCUT2D eigenvalue weighted by molar-refractivity contribution is -0.143. The van der Waals surface area contributed by atoms with Gasteiger partial charge in [0.15, 0.2) is 0 Å². The van der Waals surface area contributed by atoms with Crippen LogP contribution in [0.15, 0.2) is 103 Å². The van der Waals surface area contributed by atoms with Crippen LogP contribution in [-0.2, 0) is 32.3 Å². The van der Waals surface area contributed by atoms with E-state index in [1.54, 1.807) is 0 Å². The third-order valence-electron chi connectivity index (χ3n) is 5.51. The van der Waals surface area contributed by atoms with Crippen LogP contribution in [0.1, 0.15) is 25.0 Å². The quantitative estimate of drug-likeness (QED) is 0.264. The number of ether oxygens (including phenoxy) is 2. The Morgan fingerprint density at radius 1 is 0.629 bits per heavy atom. The highest BCUT2D eigenvalue weighted by Crippen LogP contribution is 2.36. The SMILES string of the molecule is CC(=O)OCc1ccc(COC(C)=O)c(-c2ccc(N(c3ccccc3)c3ccccc3)cc2)c1. The Bertz CT molecular complexity index is 1250. The summed E-state index contributed by atoms with van der Waals surface area (Å²) in [6, 6.07) is 34.4. The molecule has 176 valence electrons. The molecule has 0 aliphatic rings. The molecule has 0 heterocycles. The number of nitrogens with zero attached hydrogens (tertiary/aromatic N) is 1. The Labute approximate surface area is 205 Å². The zero-order chi connectivity index (χ0) is 24.6. The van der Waals surface area contributed by atoms with Crippen LogP contribution in [0, 0.1) is 0 Å². The molecule has 0 atom stereocenters. The molecule has 0 N–H and O–H groups in total. The number of benzene rings is 4. The number of anilines is 3. The third kappa shape index (κ3) is 6.15. The van der Waals surface area contributed by atoms with Gasteiger partial charge in [-0.15, -0.1) is 0 Å². The van der Waals surface area contributed by atoms with Gasteiger partial charge < -0.3 is 14.4 Å². The van der Waals surface area contributed by atoms with Gasteiger partial charge in [-0.3, -0.25) is 9.59 Å². The van der Waals surface area contributed by atoms with Crippen molar-refractivity contribution in [1.29, 1.82) is 0 Å². The summed E-state index contributed by atoms with van der Waals surface area (Å²) in [7, 11) is 0. The molecule has 0 bridgehead atoms. The fourth-order valence-electron chi connectivity index (χ4n) is 3.86. The summed E-state index contributed by atoms with van der Waals surface area (Å²) in [5, 5.41) is 0. The fourth-order valence-corrected chi connectivity index (χ4v) is 3.86. The van der Waals surface area contributed by atoms with Crippen LogP contribution in [0.25, 0.3) is 11.1 Å². The lowest BCUT2D eigenvalue weighted by atomic mass is 9.97. The van der Waals surface area contributed by atoms with Gasteiger partial charge in [0.2, 0.25) is 0 Å². The van der Waals surface area contributed by atoms with E-state index < -0.39 is 0 Å². The molecule has 0 radical (unpaired) electrons. The molecule has 5 heteroatoms. The van der Waals surface area contributed by atoms with Gasteiger partial charge in [-0.25, -0.2) is 0 Å². The number of hydrogen-bond donors (Lipinski definition) is 0. The first-order chi connectivity index (χ1) is 17.0. The van der Waals surface area contributed by atoms with E-state index in [9.17, 15) is 9.59 Å². The normalized spacial score (nSPS) is 10.5. The van der Waals surface area contributed by atoms with Crippen molar-refractivity contribution in [3.05, 3.63) is 114 Å². The molecule has 0 aromatic heterocycles. The van der Waals surface area contributed by atoms with Crippen molar-refractivity contribution in [1.82, 2.24) is 0 Å². The van der Waals surface area contributed by atoms with Gasteiger partial charge in [0.25, 0.3) is 0 Å². The minimum atomic E-state index is -0.336. The average Bonchev–Trinajstić information content (AvgIpc) is 2.88. The van der Waals surface area contributed by atoms with Crippen LogP contribution >= 0.6 is 0 Å². The number of carbonyl (C=O) groups excluding carboxylic acids is 2. The van der Waals surface area contributed by atoms with Gasteiger partial charge in [0, 0.05) is 30.9 Å². The first-order valence-electron chi connectivity index (χ1n) is 11.4. The van der Waals surface area contributed by atoms with E-state index in [2.05, 4.69) is 53.4 Å². The minimum Gasteiger partial charge on any atom is -0.461 e. The molecule has 0 saturated heterocycles. The van der Waals surface area contributed by atoms with E-state index in [1.165, 1.54) is 13.8 Å². The van der Waals surface area contributed by atoms with Crippen LogP contribution in [0.2, 0.25) is 0 Å². The van der Waals surface area contributed by atoms with Crippen molar-refractivity contribution in [2.75, 3.05) is 4.90 Å². The van der Waals surface area contributed by atoms with Gasteiger partial charge in [0.05, 0.1) is 0 Å². The van der Waals surface area contributed by atoms with Crippen molar-refractivity contribution < 1.29 is 19.1 Å². The second-order valence-electron chi connectivity index (χ2n) is 8.11. The van der Waals surface area contributed by atoms with Gasteiger partial charge in [-0.05, 0) is 64.7 Å². The van der Waals surface area contributed by atoms with E-state index in [0.29, 0.717) is 0 Å². The van der Waals surface area contributed by atoms with E-state index in [1.807, 2.05) is 54.6 Å². The molecule has 4 rings (SSSR count). The largest absolute Gasteiger partial charge is 0.461 e. The predicted molar refractivity (Wildman–Crippen MR) is 138 cm³/mol. The summed E-state index contributed by atoms with van der Waals surface area (Å²) in [6.45, 7) is 3.13. The van der Waals surface area contributed by atoms with Crippen LogP contribution < -0.4 is 4.90 Å². The van der Waals surface area contributed by atoms with Crippen molar-refractivity contribution in [3.63, 3.8) is 0 Å². The maximum atomic E-state index is 11.4. The smallest absolute Gasteiger partial charge is 0.302 e. The maximum Gasteiger partial charge on any atom is 0.302 e. The number of hydrogen-bond acceptors (Lipinski definition) is 5. The Morgan fingerprint density at radius 3 is 1.69 bits per heavy atom. The van der Waals surface area contributed by atoms with E-state index in [4.69, 9.17) is 9.47 Å². The molecule has 4 aromatic rings. The van der Waals surface area contributed by atoms with Gasteiger partial charge >= 0.3 is 11.9 Å². The number of rotatable bonds is 8. The molecule has 0 aliphatic heterocycles. The third-order valence-corrected chi connectivity index (χ3v) is 5.51. The molecule has 0 fully saturated rings. The highest BCUT2D eigenvalue weighted by atomic mass is 16.5. The van der Waals surface area contributed by atoms with Crippen molar-refractivity contribution in [2.24, 2.45) is 0 Å². The predicted octanol–water partition coefficient (Wildman–Crippen LogP) is 6.95. The second-order valence-corrected chi connectivity index (χ2v) is 8.11. The molecule has 0 aliphatic carbocycles. The first kappa shape index (κ1) is 23.8. The molecular weight excluding hydrogens is 438 g/mol. The number of carbonyl (C=O) groups is 2. The molecule has 0 saturated carbocycles. The Hall–Kier alpha value is -4.38. The summed E-state index contributed by atoms with van der Waals surface area (Å²) >= 11 is 0. The molecule has 0 amide bonds. The van der Waals surface area contributed by atoms with Gasteiger partial charge in [-0.2, -0.15) is 0 Å². The fraction of sp³-hybridized carbons (Fsp3) is 0.133. The monoisotopic (exact) mass is 465 g/mol. The number of para-hydroxylation sites is 2.